The second-order valence-electron chi connectivity index (χ2n) is 8.28. The molecule has 0 aliphatic carbocycles. The number of nitrogens with zero attached hydrogens (tertiary/aromatic N) is 4. The zero-order chi connectivity index (χ0) is 27.2. The number of aromatic nitrogens is 2. The highest BCUT2D eigenvalue weighted by molar-refractivity contribution is 14.1. The number of fused-ring (bicyclic) bond motifs is 1. The van der Waals surface area contributed by atoms with Crippen LogP contribution in [0.25, 0.3) is 10.9 Å². The van der Waals surface area contributed by atoms with Crippen molar-refractivity contribution in [3.05, 3.63) is 100 Å². The number of ether oxygens (including phenoxy) is 2. The number of halogens is 2. The molecule has 0 radical (unpaired) electrons. The van der Waals surface area contributed by atoms with E-state index in [1.807, 2.05) is 32.0 Å². The predicted octanol–water partition coefficient (Wildman–Crippen LogP) is 6.48. The minimum Gasteiger partial charge on any atom is -0.490 e. The summed E-state index contributed by atoms with van der Waals surface area (Å²) in [5.41, 5.74) is 1.94. The van der Waals surface area contributed by atoms with Gasteiger partial charge in [-0.3, -0.25) is 14.9 Å². The lowest BCUT2D eigenvalue weighted by molar-refractivity contribution is -0.384. The van der Waals surface area contributed by atoms with Gasteiger partial charge < -0.3 is 9.47 Å². The van der Waals surface area contributed by atoms with Gasteiger partial charge in [-0.05, 0) is 89.5 Å². The molecule has 0 unspecified atom stereocenters. The molecule has 196 valence electrons. The fourth-order valence-corrected chi connectivity index (χ4v) is 4.90. The summed E-state index contributed by atoms with van der Waals surface area (Å²) in [4.78, 5) is 28.4. The molecule has 0 N–H and O–H groups in total. The molecule has 4 aromatic rings. The zero-order valence-corrected chi connectivity index (χ0v) is 24.4. The van der Waals surface area contributed by atoms with Gasteiger partial charge in [-0.25, -0.2) is 4.98 Å². The maximum Gasteiger partial charge on any atom is 0.282 e. The highest BCUT2D eigenvalue weighted by Crippen LogP contribution is 2.34. The van der Waals surface area contributed by atoms with Gasteiger partial charge in [-0.2, -0.15) is 9.78 Å². The lowest BCUT2D eigenvalue weighted by atomic mass is 10.2. The Morgan fingerprint density at radius 2 is 1.89 bits per heavy atom. The number of hydrogen-bond acceptors (Lipinski definition) is 7. The molecule has 0 spiro atoms. The van der Waals surface area contributed by atoms with Crippen LogP contribution in [0.15, 0.2) is 69.0 Å². The molecule has 0 saturated heterocycles. The number of benzene rings is 3. The van der Waals surface area contributed by atoms with Gasteiger partial charge in [0.2, 0.25) is 0 Å². The SMILES string of the molecule is CCCc1nc2ccc(Br)cc2c(=O)n1N=Cc1cc(I)c(OCc2ccc([N+](=O)[O-])cc2)c(OCC)c1. The second-order valence-corrected chi connectivity index (χ2v) is 10.4. The van der Waals surface area contributed by atoms with Crippen LogP contribution in [0, 0.1) is 13.7 Å². The maximum absolute atomic E-state index is 13.3. The Morgan fingerprint density at radius 1 is 1.13 bits per heavy atom. The average molecular weight is 691 g/mol. The quantitative estimate of drug-likeness (QED) is 0.0816. The Kier molecular flexibility index (Phi) is 9.10. The molecular formula is C27H24BrIN4O5. The van der Waals surface area contributed by atoms with Crippen LogP contribution in [0.1, 0.15) is 37.2 Å². The molecule has 4 rings (SSSR count). The number of non-ortho nitro benzene ring substituents is 1. The Balaban J connectivity index is 1.65. The van der Waals surface area contributed by atoms with Crippen LogP contribution in [0.2, 0.25) is 0 Å². The lowest BCUT2D eigenvalue weighted by Gasteiger charge is -2.15. The summed E-state index contributed by atoms with van der Waals surface area (Å²) >= 11 is 5.58. The first-order valence-corrected chi connectivity index (χ1v) is 13.8. The molecule has 0 atom stereocenters. The maximum atomic E-state index is 13.3. The highest BCUT2D eigenvalue weighted by atomic mass is 127. The molecule has 0 amide bonds. The van der Waals surface area contributed by atoms with Crippen LogP contribution >= 0.6 is 38.5 Å². The molecule has 3 aromatic carbocycles. The molecule has 0 saturated carbocycles. The number of aryl methyl sites for hydroxylation is 1. The van der Waals surface area contributed by atoms with Crippen LogP contribution in [0.4, 0.5) is 5.69 Å². The Hall–Kier alpha value is -3.32. The van der Waals surface area contributed by atoms with Gasteiger partial charge in [0.25, 0.3) is 11.2 Å². The van der Waals surface area contributed by atoms with Crippen molar-refractivity contribution in [1.29, 1.82) is 0 Å². The first-order valence-electron chi connectivity index (χ1n) is 11.9. The zero-order valence-electron chi connectivity index (χ0n) is 20.7. The van der Waals surface area contributed by atoms with Crippen molar-refractivity contribution in [2.75, 3.05) is 6.61 Å². The summed E-state index contributed by atoms with van der Waals surface area (Å²) in [6.45, 7) is 4.55. The van der Waals surface area contributed by atoms with E-state index in [0.29, 0.717) is 41.3 Å². The number of nitro benzene ring substituents is 1. The third kappa shape index (κ3) is 6.38. The molecule has 0 aliphatic heterocycles. The third-order valence-corrected chi connectivity index (χ3v) is 6.83. The van der Waals surface area contributed by atoms with Crippen LogP contribution < -0.4 is 15.0 Å². The van der Waals surface area contributed by atoms with Crippen LogP contribution in [0.5, 0.6) is 11.5 Å². The summed E-state index contributed by atoms with van der Waals surface area (Å²) < 4.78 is 14.8. The molecule has 1 aromatic heterocycles. The molecule has 38 heavy (non-hydrogen) atoms. The van der Waals surface area contributed by atoms with Crippen LogP contribution in [-0.2, 0) is 13.0 Å². The Bertz CT molecular complexity index is 1570. The van der Waals surface area contributed by atoms with E-state index in [0.717, 1.165) is 25.6 Å². The average Bonchev–Trinajstić information content (AvgIpc) is 2.89. The Morgan fingerprint density at radius 3 is 2.58 bits per heavy atom. The number of hydrogen-bond donors (Lipinski definition) is 0. The van der Waals surface area contributed by atoms with E-state index in [2.05, 4.69) is 48.6 Å². The van der Waals surface area contributed by atoms with Gasteiger partial charge in [0.05, 0.1) is 32.2 Å². The van der Waals surface area contributed by atoms with E-state index in [-0.39, 0.29) is 17.9 Å². The fourth-order valence-electron chi connectivity index (χ4n) is 3.76. The van der Waals surface area contributed by atoms with Crippen molar-refractivity contribution in [3.8, 4) is 11.5 Å². The largest absolute Gasteiger partial charge is 0.490 e. The van der Waals surface area contributed by atoms with E-state index in [1.165, 1.54) is 16.8 Å². The second kappa shape index (κ2) is 12.5. The van der Waals surface area contributed by atoms with Gasteiger partial charge in [-0.1, -0.05) is 22.9 Å². The minimum atomic E-state index is -0.437. The summed E-state index contributed by atoms with van der Waals surface area (Å²) in [7, 11) is 0. The molecule has 9 nitrogen and oxygen atoms in total. The molecule has 0 aliphatic rings. The summed E-state index contributed by atoms with van der Waals surface area (Å²) in [5, 5.41) is 15.9. The van der Waals surface area contributed by atoms with Gasteiger partial charge in [0.1, 0.15) is 12.4 Å². The number of rotatable bonds is 10. The van der Waals surface area contributed by atoms with Crippen LogP contribution in [0.3, 0.4) is 0 Å². The smallest absolute Gasteiger partial charge is 0.282 e. The van der Waals surface area contributed by atoms with Gasteiger partial charge in [0, 0.05) is 23.0 Å². The van der Waals surface area contributed by atoms with E-state index < -0.39 is 4.92 Å². The normalized spacial score (nSPS) is 11.3. The Labute approximate surface area is 240 Å². The van der Waals surface area contributed by atoms with Crippen molar-refractivity contribution >= 4 is 61.3 Å². The van der Waals surface area contributed by atoms with Gasteiger partial charge >= 0.3 is 0 Å². The summed E-state index contributed by atoms with van der Waals surface area (Å²) in [6, 6.07) is 15.3. The van der Waals surface area contributed by atoms with E-state index in [9.17, 15) is 14.9 Å². The van der Waals surface area contributed by atoms with Gasteiger partial charge in [-0.15, -0.1) is 0 Å². The van der Waals surface area contributed by atoms with Crippen molar-refractivity contribution in [1.82, 2.24) is 9.66 Å². The standard InChI is InChI=1S/C27H24BrIN4O5/c1-3-5-25-31-23-11-8-19(28)14-21(23)27(34)32(25)30-15-18-12-22(29)26(24(13-18)37-4-2)38-16-17-6-9-20(10-7-17)33(35)36/h6-15H,3-5,16H2,1-2H3. The van der Waals surface area contributed by atoms with E-state index in [1.54, 1.807) is 30.5 Å². The first kappa shape index (κ1) is 27.7. The predicted molar refractivity (Wildman–Crippen MR) is 158 cm³/mol. The van der Waals surface area contributed by atoms with E-state index >= 15 is 0 Å². The van der Waals surface area contributed by atoms with Crippen molar-refractivity contribution in [2.45, 2.75) is 33.3 Å². The fraction of sp³-hybridized carbons (Fsp3) is 0.222. The summed E-state index contributed by atoms with van der Waals surface area (Å²) in [6.07, 6.45) is 3.03. The third-order valence-electron chi connectivity index (χ3n) is 5.53. The van der Waals surface area contributed by atoms with Crippen molar-refractivity contribution in [2.24, 2.45) is 5.10 Å². The topological polar surface area (TPSA) is 109 Å². The highest BCUT2D eigenvalue weighted by Gasteiger charge is 2.14. The van der Waals surface area contributed by atoms with Crippen LogP contribution in [-0.4, -0.2) is 27.4 Å². The minimum absolute atomic E-state index is 0.0254. The van der Waals surface area contributed by atoms with Crippen molar-refractivity contribution in [3.63, 3.8) is 0 Å². The summed E-state index contributed by atoms with van der Waals surface area (Å²) in [5.74, 6) is 1.68. The molecule has 0 bridgehead atoms. The molecule has 11 heteroatoms. The van der Waals surface area contributed by atoms with Gasteiger partial charge in [0.15, 0.2) is 11.5 Å². The lowest BCUT2D eigenvalue weighted by Crippen LogP contribution is -2.22. The monoisotopic (exact) mass is 690 g/mol. The van der Waals surface area contributed by atoms with Crippen molar-refractivity contribution < 1.29 is 14.4 Å². The van der Waals surface area contributed by atoms with E-state index in [4.69, 9.17) is 9.47 Å². The molecule has 1 heterocycles. The first-order chi connectivity index (χ1) is 18.3. The molecular weight excluding hydrogens is 667 g/mol. The number of nitro groups is 1. The molecule has 0 fully saturated rings.